The molecule has 0 bridgehead atoms. The smallest absolute Gasteiger partial charge is 0.237 e. The number of carbonyl (C=O) groups excluding carboxylic acids is 1. The topological polar surface area (TPSA) is 50.4 Å². The fourth-order valence-corrected chi connectivity index (χ4v) is 2.99. The van der Waals surface area contributed by atoms with Gasteiger partial charge in [0.2, 0.25) is 5.91 Å². The summed E-state index contributed by atoms with van der Waals surface area (Å²) in [5.41, 5.74) is 3.65. The number of hydrogen-bond acceptors (Lipinski definition) is 3. The molecular formula is C19H22N2O2. The molecule has 4 nitrogen and oxygen atoms in total. The van der Waals surface area contributed by atoms with E-state index in [0.29, 0.717) is 6.54 Å². The molecule has 0 aliphatic carbocycles. The van der Waals surface area contributed by atoms with Crippen molar-refractivity contribution in [1.29, 1.82) is 0 Å². The fourth-order valence-electron chi connectivity index (χ4n) is 2.99. The van der Waals surface area contributed by atoms with Crippen molar-refractivity contribution in [2.24, 2.45) is 0 Å². The average molecular weight is 310 g/mol. The van der Waals surface area contributed by atoms with Crippen LogP contribution in [-0.4, -0.2) is 25.6 Å². The van der Waals surface area contributed by atoms with E-state index in [9.17, 15) is 4.79 Å². The largest absolute Gasteiger partial charge is 0.496 e. The molecule has 2 N–H and O–H groups in total. The van der Waals surface area contributed by atoms with Crippen LogP contribution in [0.15, 0.2) is 48.5 Å². The first kappa shape index (κ1) is 15.6. The number of benzene rings is 2. The molecular weight excluding hydrogens is 288 g/mol. The molecule has 1 unspecified atom stereocenters. The maximum atomic E-state index is 12.3. The zero-order chi connectivity index (χ0) is 16.1. The first-order valence-electron chi connectivity index (χ1n) is 7.97. The highest BCUT2D eigenvalue weighted by molar-refractivity contribution is 5.82. The van der Waals surface area contributed by atoms with Crippen molar-refractivity contribution >= 4 is 5.91 Å². The minimum Gasteiger partial charge on any atom is -0.496 e. The third-order valence-electron chi connectivity index (χ3n) is 4.28. The predicted octanol–water partition coefficient (Wildman–Crippen LogP) is 2.07. The third kappa shape index (κ3) is 3.71. The van der Waals surface area contributed by atoms with Crippen molar-refractivity contribution < 1.29 is 9.53 Å². The average Bonchev–Trinajstić information content (AvgIpc) is 2.61. The van der Waals surface area contributed by atoms with E-state index in [2.05, 4.69) is 22.8 Å². The lowest BCUT2D eigenvalue weighted by molar-refractivity contribution is -0.123. The summed E-state index contributed by atoms with van der Waals surface area (Å²) < 4.78 is 5.33. The summed E-state index contributed by atoms with van der Waals surface area (Å²) in [7, 11) is 1.67. The minimum atomic E-state index is -0.150. The molecule has 3 rings (SSSR count). The summed E-state index contributed by atoms with van der Waals surface area (Å²) in [6.07, 6.45) is 1.51. The molecule has 0 radical (unpaired) electrons. The summed E-state index contributed by atoms with van der Waals surface area (Å²) in [6.45, 7) is 1.36. The fraction of sp³-hybridized carbons (Fsp3) is 0.316. The molecule has 0 aromatic heterocycles. The van der Waals surface area contributed by atoms with Crippen molar-refractivity contribution in [2.75, 3.05) is 13.7 Å². The minimum absolute atomic E-state index is 0.0643. The van der Waals surface area contributed by atoms with Crippen LogP contribution in [0.5, 0.6) is 5.75 Å². The number of amides is 1. The lowest BCUT2D eigenvalue weighted by Crippen LogP contribution is -2.48. The molecule has 120 valence electrons. The zero-order valence-electron chi connectivity index (χ0n) is 13.3. The van der Waals surface area contributed by atoms with Crippen molar-refractivity contribution in [2.45, 2.75) is 25.4 Å². The van der Waals surface area contributed by atoms with E-state index in [1.807, 2.05) is 36.4 Å². The first-order chi connectivity index (χ1) is 11.3. The molecule has 0 saturated carbocycles. The number of nitrogens with one attached hydrogen (secondary N) is 2. The lowest BCUT2D eigenvalue weighted by atomic mass is 9.95. The molecule has 1 amide bonds. The van der Waals surface area contributed by atoms with Crippen LogP contribution in [-0.2, 0) is 24.2 Å². The Morgan fingerprint density at radius 1 is 1.17 bits per heavy atom. The Morgan fingerprint density at radius 2 is 1.91 bits per heavy atom. The van der Waals surface area contributed by atoms with Crippen LogP contribution in [0.25, 0.3) is 0 Å². The first-order valence-corrected chi connectivity index (χ1v) is 7.97. The van der Waals surface area contributed by atoms with Crippen molar-refractivity contribution in [3.8, 4) is 5.75 Å². The van der Waals surface area contributed by atoms with Gasteiger partial charge in [-0.1, -0.05) is 42.5 Å². The SMILES string of the molecule is COc1ccccc1CCNC(=O)C1Cc2ccccc2CN1. The summed E-state index contributed by atoms with van der Waals surface area (Å²) in [4.78, 5) is 12.3. The van der Waals surface area contributed by atoms with Crippen LogP contribution in [0, 0.1) is 0 Å². The van der Waals surface area contributed by atoms with Gasteiger partial charge in [0.15, 0.2) is 0 Å². The van der Waals surface area contributed by atoms with Gasteiger partial charge in [0.1, 0.15) is 5.75 Å². The molecule has 2 aromatic rings. The molecule has 1 heterocycles. The normalized spacial score (nSPS) is 16.5. The van der Waals surface area contributed by atoms with Crippen LogP contribution >= 0.6 is 0 Å². The van der Waals surface area contributed by atoms with Gasteiger partial charge in [-0.05, 0) is 35.6 Å². The van der Waals surface area contributed by atoms with E-state index in [1.165, 1.54) is 11.1 Å². The summed E-state index contributed by atoms with van der Waals surface area (Å²) in [6, 6.07) is 16.0. The number of ether oxygens (including phenoxy) is 1. The van der Waals surface area contributed by atoms with Crippen LogP contribution in [0.2, 0.25) is 0 Å². The van der Waals surface area contributed by atoms with Gasteiger partial charge >= 0.3 is 0 Å². The molecule has 0 spiro atoms. The zero-order valence-corrected chi connectivity index (χ0v) is 13.3. The van der Waals surface area contributed by atoms with Crippen LogP contribution in [0.3, 0.4) is 0 Å². The van der Waals surface area contributed by atoms with Crippen molar-refractivity contribution in [3.63, 3.8) is 0 Å². The maximum absolute atomic E-state index is 12.3. The molecule has 2 aromatic carbocycles. The van der Waals surface area contributed by atoms with Gasteiger partial charge in [-0.2, -0.15) is 0 Å². The van der Waals surface area contributed by atoms with Crippen LogP contribution in [0.1, 0.15) is 16.7 Å². The maximum Gasteiger partial charge on any atom is 0.237 e. The molecule has 0 fully saturated rings. The lowest BCUT2D eigenvalue weighted by Gasteiger charge is -2.25. The second-order valence-corrected chi connectivity index (χ2v) is 5.76. The summed E-state index contributed by atoms with van der Waals surface area (Å²) in [5, 5.41) is 6.34. The molecule has 1 aliphatic heterocycles. The van der Waals surface area contributed by atoms with Gasteiger partial charge in [0.25, 0.3) is 0 Å². The summed E-state index contributed by atoms with van der Waals surface area (Å²) >= 11 is 0. The van der Waals surface area contributed by atoms with Gasteiger partial charge in [-0.15, -0.1) is 0 Å². The second kappa shape index (κ2) is 7.29. The predicted molar refractivity (Wildman–Crippen MR) is 90.5 cm³/mol. The molecule has 4 heteroatoms. The van der Waals surface area contributed by atoms with Gasteiger partial charge in [-0.3, -0.25) is 4.79 Å². The highest BCUT2D eigenvalue weighted by atomic mass is 16.5. The highest BCUT2D eigenvalue weighted by Gasteiger charge is 2.23. The van der Waals surface area contributed by atoms with Gasteiger partial charge in [-0.25, -0.2) is 0 Å². The van der Waals surface area contributed by atoms with Crippen LogP contribution < -0.4 is 15.4 Å². The Balaban J connectivity index is 1.52. The van der Waals surface area contributed by atoms with Crippen molar-refractivity contribution in [1.82, 2.24) is 10.6 Å². The standard InChI is InChI=1S/C19H22N2O2/c1-23-18-9-5-4-6-14(18)10-11-20-19(22)17-12-15-7-2-3-8-16(15)13-21-17/h2-9,17,21H,10-13H2,1H3,(H,20,22). The Labute approximate surface area is 136 Å². The van der Waals surface area contributed by atoms with Gasteiger partial charge < -0.3 is 15.4 Å². The summed E-state index contributed by atoms with van der Waals surface area (Å²) in [5.74, 6) is 0.931. The highest BCUT2D eigenvalue weighted by Crippen LogP contribution is 2.18. The van der Waals surface area contributed by atoms with Crippen molar-refractivity contribution in [3.05, 3.63) is 65.2 Å². The van der Waals surface area contributed by atoms with E-state index >= 15 is 0 Å². The number of carbonyl (C=O) groups is 1. The number of hydrogen-bond donors (Lipinski definition) is 2. The molecule has 23 heavy (non-hydrogen) atoms. The Bertz CT molecular complexity index is 685. The third-order valence-corrected chi connectivity index (χ3v) is 4.28. The van der Waals surface area contributed by atoms with E-state index in [1.54, 1.807) is 7.11 Å². The monoisotopic (exact) mass is 310 g/mol. The van der Waals surface area contributed by atoms with Gasteiger partial charge in [0, 0.05) is 13.1 Å². The Hall–Kier alpha value is -2.33. The van der Waals surface area contributed by atoms with E-state index < -0.39 is 0 Å². The Kier molecular flexibility index (Phi) is 4.93. The molecule has 1 atom stereocenters. The van der Waals surface area contributed by atoms with E-state index in [0.717, 1.165) is 30.7 Å². The Morgan fingerprint density at radius 3 is 2.74 bits per heavy atom. The number of rotatable bonds is 5. The van der Waals surface area contributed by atoms with E-state index in [4.69, 9.17) is 4.74 Å². The molecule has 0 saturated heterocycles. The van der Waals surface area contributed by atoms with Gasteiger partial charge in [0.05, 0.1) is 13.2 Å². The van der Waals surface area contributed by atoms with E-state index in [-0.39, 0.29) is 11.9 Å². The van der Waals surface area contributed by atoms with Crippen LogP contribution in [0.4, 0.5) is 0 Å². The molecule has 1 aliphatic rings. The number of fused-ring (bicyclic) bond motifs is 1. The number of para-hydroxylation sites is 1. The second-order valence-electron chi connectivity index (χ2n) is 5.76. The quantitative estimate of drug-likeness (QED) is 0.889. The number of methoxy groups -OCH3 is 1.